The molecule has 2 aromatic rings. The predicted octanol–water partition coefficient (Wildman–Crippen LogP) is 3.23. The third-order valence-electron chi connectivity index (χ3n) is 3.77. The van der Waals surface area contributed by atoms with Crippen molar-refractivity contribution in [2.24, 2.45) is 10.7 Å². The van der Waals surface area contributed by atoms with Gasteiger partial charge in [-0.3, -0.25) is 4.99 Å². The van der Waals surface area contributed by atoms with E-state index >= 15 is 0 Å². The van der Waals surface area contributed by atoms with Gasteiger partial charge in [-0.1, -0.05) is 41.4 Å². The van der Waals surface area contributed by atoms with E-state index in [1.807, 2.05) is 24.3 Å². The smallest absolute Gasteiger partial charge is 0.189 e. The Morgan fingerprint density at radius 1 is 1.36 bits per heavy atom. The maximum atomic E-state index is 6.05. The molecule has 0 radical (unpaired) electrons. The molecule has 0 spiro atoms. The number of anilines is 1. The largest absolute Gasteiger partial charge is 0.493 e. The van der Waals surface area contributed by atoms with Crippen molar-refractivity contribution in [3.63, 3.8) is 0 Å². The lowest BCUT2D eigenvalue weighted by Crippen LogP contribution is -2.37. The second-order valence-corrected chi connectivity index (χ2v) is 6.39. The molecule has 4 N–H and O–H groups in total. The number of rotatable bonds is 5. The highest BCUT2D eigenvalue weighted by molar-refractivity contribution is 6.35. The predicted molar refractivity (Wildman–Crippen MR) is 102 cm³/mol. The van der Waals surface area contributed by atoms with Crippen LogP contribution in [-0.2, 0) is 0 Å². The van der Waals surface area contributed by atoms with Crippen LogP contribution in [0.2, 0.25) is 10.0 Å². The fraction of sp³-hybridized carbons (Fsp3) is 0.294. The Hall–Kier alpha value is -2.18. The van der Waals surface area contributed by atoms with Crippen molar-refractivity contribution in [2.75, 3.05) is 25.0 Å². The molecule has 0 bridgehead atoms. The Labute approximate surface area is 156 Å². The van der Waals surface area contributed by atoms with Gasteiger partial charge in [-0.05, 0) is 12.1 Å². The summed E-state index contributed by atoms with van der Waals surface area (Å²) in [4.78, 5) is 8.47. The molecular weight excluding hydrogens is 361 g/mol. The van der Waals surface area contributed by atoms with Crippen molar-refractivity contribution in [3.05, 3.63) is 52.1 Å². The van der Waals surface area contributed by atoms with Gasteiger partial charge in [0.25, 0.3) is 0 Å². The molecule has 1 aromatic heterocycles. The monoisotopic (exact) mass is 379 g/mol. The van der Waals surface area contributed by atoms with Crippen LogP contribution in [0.15, 0.2) is 41.5 Å². The number of aliphatic imine (C=N–C) groups is 1. The van der Waals surface area contributed by atoms with Gasteiger partial charge in [0.15, 0.2) is 5.96 Å². The Balaban J connectivity index is 1.51. The molecule has 1 atom stereocenters. The molecule has 0 saturated carbocycles. The van der Waals surface area contributed by atoms with E-state index in [4.69, 9.17) is 33.7 Å². The molecule has 25 heavy (non-hydrogen) atoms. The third-order valence-corrected chi connectivity index (χ3v) is 4.27. The van der Waals surface area contributed by atoms with Crippen molar-refractivity contribution in [1.29, 1.82) is 0 Å². The molecule has 3 rings (SSSR count). The molecular formula is C17H19Cl2N5O. The lowest BCUT2D eigenvalue weighted by atomic mass is 10.0. The number of para-hydroxylation sites is 1. The fourth-order valence-electron chi connectivity index (χ4n) is 2.61. The zero-order chi connectivity index (χ0) is 17.6. The van der Waals surface area contributed by atoms with Gasteiger partial charge in [-0.25, -0.2) is 4.98 Å². The zero-order valence-corrected chi connectivity index (χ0v) is 15.0. The average molecular weight is 380 g/mol. The Morgan fingerprint density at radius 3 is 3.04 bits per heavy atom. The minimum absolute atomic E-state index is 0.106. The first-order valence-corrected chi connectivity index (χ1v) is 8.72. The van der Waals surface area contributed by atoms with Crippen LogP contribution < -0.4 is 21.1 Å². The van der Waals surface area contributed by atoms with Gasteiger partial charge in [-0.2, -0.15) is 0 Å². The average Bonchev–Trinajstić information content (AvgIpc) is 2.60. The minimum Gasteiger partial charge on any atom is -0.493 e. The summed E-state index contributed by atoms with van der Waals surface area (Å²) in [5, 5.41) is 7.33. The maximum absolute atomic E-state index is 6.05. The summed E-state index contributed by atoms with van der Waals surface area (Å²) in [6.07, 6.45) is 2.38. The van der Waals surface area contributed by atoms with E-state index in [2.05, 4.69) is 20.6 Å². The number of pyridine rings is 1. The van der Waals surface area contributed by atoms with E-state index in [0.29, 0.717) is 41.5 Å². The third kappa shape index (κ3) is 4.67. The van der Waals surface area contributed by atoms with Crippen LogP contribution in [0.4, 0.5) is 5.82 Å². The van der Waals surface area contributed by atoms with E-state index in [0.717, 1.165) is 17.7 Å². The van der Waals surface area contributed by atoms with Crippen LogP contribution in [0.5, 0.6) is 5.75 Å². The van der Waals surface area contributed by atoms with Crippen LogP contribution in [0.3, 0.4) is 0 Å². The number of fused-ring (bicyclic) bond motifs is 1. The summed E-state index contributed by atoms with van der Waals surface area (Å²) >= 11 is 11.9. The molecule has 0 saturated heterocycles. The standard InChI is InChI=1S/C17H19Cl2N5O/c18-11-9-13(19)16(23-10-11)21-6-7-22-17(20)24-14-5-8-25-15-4-2-1-3-12(14)15/h1-4,9-10,14H,5-8H2,(H,21,23)(H3,20,22,24). The highest BCUT2D eigenvalue weighted by Crippen LogP contribution is 2.31. The van der Waals surface area contributed by atoms with Gasteiger partial charge in [0, 0.05) is 24.7 Å². The van der Waals surface area contributed by atoms with Crippen molar-refractivity contribution in [2.45, 2.75) is 12.5 Å². The van der Waals surface area contributed by atoms with Crippen LogP contribution >= 0.6 is 23.2 Å². The van der Waals surface area contributed by atoms with Gasteiger partial charge in [0.1, 0.15) is 11.6 Å². The molecule has 1 aliphatic heterocycles. The Morgan fingerprint density at radius 2 is 2.20 bits per heavy atom. The van der Waals surface area contributed by atoms with Gasteiger partial charge < -0.3 is 21.1 Å². The van der Waals surface area contributed by atoms with E-state index < -0.39 is 0 Å². The lowest BCUT2D eigenvalue weighted by molar-refractivity contribution is 0.262. The van der Waals surface area contributed by atoms with E-state index in [1.54, 1.807) is 6.07 Å². The van der Waals surface area contributed by atoms with Gasteiger partial charge >= 0.3 is 0 Å². The summed E-state index contributed by atoms with van der Waals surface area (Å²) < 4.78 is 5.64. The van der Waals surface area contributed by atoms with Crippen LogP contribution in [0.1, 0.15) is 18.0 Å². The second-order valence-electron chi connectivity index (χ2n) is 5.55. The number of benzene rings is 1. The number of hydrogen-bond acceptors (Lipinski definition) is 4. The van der Waals surface area contributed by atoms with Crippen LogP contribution in [-0.4, -0.2) is 30.6 Å². The number of guanidine groups is 1. The van der Waals surface area contributed by atoms with Crippen molar-refractivity contribution >= 4 is 35.0 Å². The first-order valence-electron chi connectivity index (χ1n) is 7.96. The topological polar surface area (TPSA) is 84.6 Å². The van der Waals surface area contributed by atoms with Crippen molar-refractivity contribution in [1.82, 2.24) is 10.3 Å². The molecule has 0 aliphatic carbocycles. The molecule has 0 amide bonds. The number of nitrogens with zero attached hydrogens (tertiary/aromatic N) is 2. The molecule has 1 unspecified atom stereocenters. The number of nitrogens with two attached hydrogens (primary N) is 1. The molecule has 1 aromatic carbocycles. The summed E-state index contributed by atoms with van der Waals surface area (Å²) in [5.74, 6) is 1.87. The fourth-order valence-corrected chi connectivity index (χ4v) is 3.06. The van der Waals surface area contributed by atoms with Crippen molar-refractivity contribution < 1.29 is 4.74 Å². The van der Waals surface area contributed by atoms with Crippen molar-refractivity contribution in [3.8, 4) is 5.75 Å². The van der Waals surface area contributed by atoms with Gasteiger partial charge in [-0.15, -0.1) is 0 Å². The summed E-state index contributed by atoms with van der Waals surface area (Å²) in [6, 6.07) is 9.69. The quantitative estimate of drug-likeness (QED) is 0.421. The highest BCUT2D eigenvalue weighted by Gasteiger charge is 2.21. The van der Waals surface area contributed by atoms with Crippen LogP contribution in [0, 0.1) is 0 Å². The highest BCUT2D eigenvalue weighted by atomic mass is 35.5. The number of halogens is 2. The van der Waals surface area contributed by atoms with E-state index in [9.17, 15) is 0 Å². The van der Waals surface area contributed by atoms with Crippen LogP contribution in [0.25, 0.3) is 0 Å². The second kappa shape index (κ2) is 8.27. The number of nitrogens with one attached hydrogen (secondary N) is 2. The maximum Gasteiger partial charge on any atom is 0.189 e. The number of hydrogen-bond donors (Lipinski definition) is 3. The molecule has 132 valence electrons. The first-order chi connectivity index (χ1) is 12.1. The number of aromatic nitrogens is 1. The Kier molecular flexibility index (Phi) is 5.83. The minimum atomic E-state index is 0.106. The van der Waals surface area contributed by atoms with E-state index in [1.165, 1.54) is 6.20 Å². The molecule has 2 heterocycles. The Bertz CT molecular complexity index is 768. The normalized spacial score (nSPS) is 16.7. The summed E-state index contributed by atoms with van der Waals surface area (Å²) in [5.41, 5.74) is 7.10. The first kappa shape index (κ1) is 17.6. The van der Waals surface area contributed by atoms with Gasteiger partial charge in [0.05, 0.1) is 29.2 Å². The summed E-state index contributed by atoms with van der Waals surface area (Å²) in [6.45, 7) is 1.70. The molecule has 6 nitrogen and oxygen atoms in total. The molecule has 0 fully saturated rings. The SMILES string of the molecule is NC(=NCCNc1ncc(Cl)cc1Cl)NC1CCOc2ccccc21. The van der Waals surface area contributed by atoms with E-state index in [-0.39, 0.29) is 6.04 Å². The lowest BCUT2D eigenvalue weighted by Gasteiger charge is -2.26. The zero-order valence-electron chi connectivity index (χ0n) is 13.5. The summed E-state index contributed by atoms with van der Waals surface area (Å²) in [7, 11) is 0. The molecule has 1 aliphatic rings. The number of ether oxygens (including phenoxy) is 1. The van der Waals surface area contributed by atoms with Gasteiger partial charge in [0.2, 0.25) is 0 Å². The molecule has 8 heteroatoms.